The van der Waals surface area contributed by atoms with Crippen molar-refractivity contribution in [3.8, 4) is 5.75 Å². The van der Waals surface area contributed by atoms with E-state index < -0.39 is 12.7 Å². The van der Waals surface area contributed by atoms with E-state index in [-0.39, 0.29) is 24.1 Å². The highest BCUT2D eigenvalue weighted by Gasteiger charge is 2.21. The molecule has 0 aliphatic heterocycles. The third-order valence-corrected chi connectivity index (χ3v) is 4.72. The first kappa shape index (κ1) is 23.3. The van der Waals surface area contributed by atoms with Crippen LogP contribution in [0.2, 0.25) is 0 Å². The van der Waals surface area contributed by atoms with E-state index in [2.05, 4.69) is 15.4 Å². The van der Waals surface area contributed by atoms with Crippen LogP contribution in [0, 0.1) is 20.8 Å². The van der Waals surface area contributed by atoms with Gasteiger partial charge in [-0.1, -0.05) is 17.7 Å². The van der Waals surface area contributed by atoms with Crippen molar-refractivity contribution in [3.63, 3.8) is 0 Å². The molecule has 0 saturated heterocycles. The molecule has 0 bridgehead atoms. The number of ether oxygens (including phenoxy) is 1. The van der Waals surface area contributed by atoms with Crippen LogP contribution < -0.4 is 15.4 Å². The lowest BCUT2D eigenvalue weighted by atomic mass is 10.1. The zero-order valence-electron chi connectivity index (χ0n) is 17.8. The molecular weight excluding hydrogens is 392 g/mol. The summed E-state index contributed by atoms with van der Waals surface area (Å²) in [6.07, 6.45) is 0. The summed E-state index contributed by atoms with van der Waals surface area (Å²) in [5.74, 6) is -0.539. The number of alkyl halides is 2. The molecule has 0 aliphatic carbocycles. The first-order valence-electron chi connectivity index (χ1n) is 9.50. The van der Waals surface area contributed by atoms with Gasteiger partial charge >= 0.3 is 6.61 Å². The Morgan fingerprint density at radius 1 is 1.03 bits per heavy atom. The molecule has 2 N–H and O–H groups in total. The van der Waals surface area contributed by atoms with E-state index in [9.17, 15) is 18.4 Å². The van der Waals surface area contributed by atoms with Gasteiger partial charge in [-0.05, 0) is 70.1 Å². The Balaban J connectivity index is 1.92. The highest BCUT2D eigenvalue weighted by Crippen LogP contribution is 2.22. The van der Waals surface area contributed by atoms with Gasteiger partial charge in [0, 0.05) is 11.4 Å². The molecule has 2 aromatic rings. The van der Waals surface area contributed by atoms with Crippen molar-refractivity contribution in [3.05, 3.63) is 53.1 Å². The summed E-state index contributed by atoms with van der Waals surface area (Å²) in [6, 6.07) is 9.04. The smallest absolute Gasteiger partial charge is 0.387 e. The van der Waals surface area contributed by atoms with Crippen LogP contribution in [0.3, 0.4) is 0 Å². The van der Waals surface area contributed by atoms with Gasteiger partial charge in [0.2, 0.25) is 11.8 Å². The fourth-order valence-electron chi connectivity index (χ4n) is 3.09. The van der Waals surface area contributed by atoms with Crippen molar-refractivity contribution in [1.82, 2.24) is 4.90 Å². The molecule has 0 fully saturated rings. The molecule has 0 aliphatic rings. The summed E-state index contributed by atoms with van der Waals surface area (Å²) >= 11 is 0. The average molecular weight is 419 g/mol. The second kappa shape index (κ2) is 10.2. The second-order valence-corrected chi connectivity index (χ2v) is 7.31. The predicted octanol–water partition coefficient (Wildman–Crippen LogP) is 4.11. The molecular formula is C22H27F2N3O3. The number of hydrogen-bond acceptors (Lipinski definition) is 4. The number of amides is 2. The number of nitrogens with zero attached hydrogens (tertiary/aromatic N) is 1. The predicted molar refractivity (Wildman–Crippen MR) is 113 cm³/mol. The standard InChI is InChI=1S/C22H27F2N3O3/c1-13-10-14(2)20(15(3)11-13)26-19(28)12-27(5)16(4)21(29)25-17-6-8-18(9-7-17)30-22(23)24/h6-11,16,22H,12H2,1-5H3,(H,25,29)(H,26,28). The Morgan fingerprint density at radius 3 is 2.13 bits per heavy atom. The summed E-state index contributed by atoms with van der Waals surface area (Å²) in [7, 11) is 1.68. The first-order chi connectivity index (χ1) is 14.1. The lowest BCUT2D eigenvalue weighted by Gasteiger charge is -2.24. The summed E-state index contributed by atoms with van der Waals surface area (Å²) in [5.41, 5.74) is 4.31. The molecule has 0 aromatic heterocycles. The largest absolute Gasteiger partial charge is 0.435 e. The van der Waals surface area contributed by atoms with Gasteiger partial charge in [0.1, 0.15) is 5.75 Å². The molecule has 0 radical (unpaired) electrons. The van der Waals surface area contributed by atoms with Crippen LogP contribution in [0.25, 0.3) is 0 Å². The van der Waals surface area contributed by atoms with Crippen LogP contribution >= 0.6 is 0 Å². The zero-order valence-corrected chi connectivity index (χ0v) is 17.8. The van der Waals surface area contributed by atoms with E-state index in [4.69, 9.17) is 0 Å². The fourth-order valence-corrected chi connectivity index (χ4v) is 3.09. The van der Waals surface area contributed by atoms with Gasteiger partial charge in [0.25, 0.3) is 0 Å². The summed E-state index contributed by atoms with van der Waals surface area (Å²) in [6.45, 7) is 4.68. The summed E-state index contributed by atoms with van der Waals surface area (Å²) in [5, 5.41) is 5.61. The fraction of sp³-hybridized carbons (Fsp3) is 0.364. The van der Waals surface area contributed by atoms with Crippen molar-refractivity contribution in [2.45, 2.75) is 40.3 Å². The van der Waals surface area contributed by atoms with Gasteiger partial charge in [-0.15, -0.1) is 0 Å². The number of rotatable bonds is 8. The maximum Gasteiger partial charge on any atom is 0.387 e. The first-order valence-corrected chi connectivity index (χ1v) is 9.50. The van der Waals surface area contributed by atoms with Crippen molar-refractivity contribution in [2.24, 2.45) is 0 Å². The minimum Gasteiger partial charge on any atom is -0.435 e. The quantitative estimate of drug-likeness (QED) is 0.676. The Morgan fingerprint density at radius 2 is 1.60 bits per heavy atom. The van der Waals surface area contributed by atoms with Gasteiger partial charge in [-0.25, -0.2) is 0 Å². The number of carbonyl (C=O) groups is 2. The number of halogens is 2. The monoisotopic (exact) mass is 419 g/mol. The summed E-state index contributed by atoms with van der Waals surface area (Å²) in [4.78, 5) is 26.6. The molecule has 6 nitrogen and oxygen atoms in total. The lowest BCUT2D eigenvalue weighted by molar-refractivity contribution is -0.122. The molecule has 2 rings (SSSR count). The van der Waals surface area contributed by atoms with E-state index in [1.165, 1.54) is 24.3 Å². The van der Waals surface area contributed by atoms with E-state index in [1.807, 2.05) is 32.9 Å². The lowest BCUT2D eigenvalue weighted by Crippen LogP contribution is -2.43. The van der Waals surface area contributed by atoms with E-state index in [1.54, 1.807) is 18.9 Å². The van der Waals surface area contributed by atoms with Crippen LogP contribution in [0.5, 0.6) is 5.75 Å². The Hall–Kier alpha value is -3.00. The second-order valence-electron chi connectivity index (χ2n) is 7.31. The van der Waals surface area contributed by atoms with Crippen LogP contribution in [0.4, 0.5) is 20.2 Å². The third-order valence-electron chi connectivity index (χ3n) is 4.72. The highest BCUT2D eigenvalue weighted by atomic mass is 19.3. The van der Waals surface area contributed by atoms with Crippen molar-refractivity contribution in [1.29, 1.82) is 0 Å². The topological polar surface area (TPSA) is 70.7 Å². The minimum absolute atomic E-state index is 0.00605. The van der Waals surface area contributed by atoms with Gasteiger partial charge in [-0.2, -0.15) is 8.78 Å². The molecule has 0 spiro atoms. The average Bonchev–Trinajstić information content (AvgIpc) is 2.65. The molecule has 2 aromatic carbocycles. The van der Waals surface area contributed by atoms with E-state index in [0.717, 1.165) is 22.4 Å². The minimum atomic E-state index is -2.90. The third kappa shape index (κ3) is 6.52. The molecule has 0 heterocycles. The molecule has 162 valence electrons. The van der Waals surface area contributed by atoms with E-state index >= 15 is 0 Å². The number of likely N-dealkylation sites (N-methyl/N-ethyl adjacent to an activating group) is 1. The Kier molecular flexibility index (Phi) is 7.88. The van der Waals surface area contributed by atoms with Crippen LogP contribution in [0.1, 0.15) is 23.6 Å². The number of hydrogen-bond donors (Lipinski definition) is 2. The number of nitrogens with one attached hydrogen (secondary N) is 2. The number of carbonyl (C=O) groups excluding carboxylic acids is 2. The molecule has 1 atom stereocenters. The van der Waals surface area contributed by atoms with Crippen LogP contribution in [0.15, 0.2) is 36.4 Å². The molecule has 30 heavy (non-hydrogen) atoms. The maximum absolute atomic E-state index is 12.5. The number of benzene rings is 2. The number of aryl methyl sites for hydroxylation is 3. The molecule has 1 unspecified atom stereocenters. The van der Waals surface area contributed by atoms with Gasteiger partial charge < -0.3 is 15.4 Å². The Bertz CT molecular complexity index is 878. The highest BCUT2D eigenvalue weighted by molar-refractivity contribution is 5.96. The van der Waals surface area contributed by atoms with Crippen LogP contribution in [-0.2, 0) is 9.59 Å². The van der Waals surface area contributed by atoms with Gasteiger partial charge in [0.05, 0.1) is 12.6 Å². The van der Waals surface area contributed by atoms with Crippen LogP contribution in [-0.4, -0.2) is 43.0 Å². The zero-order chi connectivity index (χ0) is 22.4. The SMILES string of the molecule is Cc1cc(C)c(NC(=O)CN(C)C(C)C(=O)Nc2ccc(OC(F)F)cc2)c(C)c1. The van der Waals surface area contributed by atoms with Crippen molar-refractivity contribution in [2.75, 3.05) is 24.2 Å². The van der Waals surface area contributed by atoms with Crippen molar-refractivity contribution >= 4 is 23.2 Å². The number of anilines is 2. The maximum atomic E-state index is 12.5. The Labute approximate surface area is 175 Å². The van der Waals surface area contributed by atoms with E-state index in [0.29, 0.717) is 5.69 Å². The molecule has 8 heteroatoms. The normalized spacial score (nSPS) is 12.0. The molecule has 0 saturated carbocycles. The van der Waals surface area contributed by atoms with Gasteiger partial charge in [0.15, 0.2) is 0 Å². The van der Waals surface area contributed by atoms with Gasteiger partial charge in [-0.3, -0.25) is 14.5 Å². The summed E-state index contributed by atoms with van der Waals surface area (Å²) < 4.78 is 28.7. The van der Waals surface area contributed by atoms with Crippen molar-refractivity contribution < 1.29 is 23.1 Å². The molecule has 2 amide bonds.